The number of hydrogen-bond donors (Lipinski definition) is 3. The number of nitrogens with two attached hydrogens (primary N) is 1. The molecule has 5 heteroatoms. The highest BCUT2D eigenvalue weighted by atomic mass is 16.2. The monoisotopic (exact) mass is 224 g/mol. The molecule has 1 amide bonds. The molecule has 1 aromatic rings. The molecular weight excluding hydrogens is 204 g/mol. The van der Waals surface area contributed by atoms with Crippen LogP contribution >= 0.6 is 0 Å². The summed E-state index contributed by atoms with van der Waals surface area (Å²) in [6.45, 7) is 5.90. The lowest BCUT2D eigenvalue weighted by Crippen LogP contribution is -2.35. The van der Waals surface area contributed by atoms with Gasteiger partial charge < -0.3 is 11.1 Å². The van der Waals surface area contributed by atoms with Crippen LogP contribution in [0.1, 0.15) is 37.4 Å². The van der Waals surface area contributed by atoms with Crippen molar-refractivity contribution >= 4 is 11.7 Å². The van der Waals surface area contributed by atoms with Gasteiger partial charge >= 0.3 is 0 Å². The van der Waals surface area contributed by atoms with E-state index < -0.39 is 6.04 Å². The lowest BCUT2D eigenvalue weighted by Gasteiger charge is -2.10. The van der Waals surface area contributed by atoms with Crippen molar-refractivity contribution in [3.63, 3.8) is 0 Å². The molecule has 1 rings (SSSR count). The van der Waals surface area contributed by atoms with Crippen molar-refractivity contribution in [3.8, 4) is 0 Å². The summed E-state index contributed by atoms with van der Waals surface area (Å²) in [5, 5.41) is 9.56. The Morgan fingerprint density at radius 1 is 1.56 bits per heavy atom. The molecule has 0 aliphatic rings. The van der Waals surface area contributed by atoms with Crippen molar-refractivity contribution in [2.75, 3.05) is 5.32 Å². The molecule has 0 aromatic carbocycles. The number of nitrogens with one attached hydrogen (secondary N) is 2. The molecule has 0 saturated heterocycles. The van der Waals surface area contributed by atoms with E-state index in [0.717, 1.165) is 24.1 Å². The topological polar surface area (TPSA) is 83.8 Å². The molecule has 90 valence electrons. The van der Waals surface area contributed by atoms with Gasteiger partial charge in [0, 0.05) is 11.3 Å². The van der Waals surface area contributed by atoms with Gasteiger partial charge in [0.25, 0.3) is 0 Å². The van der Waals surface area contributed by atoms with Crippen LogP contribution in [0.2, 0.25) is 0 Å². The molecule has 0 fully saturated rings. The fourth-order valence-corrected chi connectivity index (χ4v) is 1.37. The van der Waals surface area contributed by atoms with Gasteiger partial charge in [-0.25, -0.2) is 0 Å². The van der Waals surface area contributed by atoms with Crippen molar-refractivity contribution in [2.45, 2.75) is 46.1 Å². The first-order chi connectivity index (χ1) is 7.56. The van der Waals surface area contributed by atoms with E-state index in [2.05, 4.69) is 22.4 Å². The molecule has 5 nitrogen and oxygen atoms in total. The van der Waals surface area contributed by atoms with Gasteiger partial charge in [0.05, 0.1) is 6.04 Å². The van der Waals surface area contributed by atoms with E-state index >= 15 is 0 Å². The van der Waals surface area contributed by atoms with Crippen LogP contribution in [0.15, 0.2) is 0 Å². The molecule has 0 aliphatic heterocycles. The second kappa shape index (κ2) is 5.65. The van der Waals surface area contributed by atoms with Crippen LogP contribution in [0.5, 0.6) is 0 Å². The maximum absolute atomic E-state index is 11.7. The number of aromatic nitrogens is 2. The van der Waals surface area contributed by atoms with Gasteiger partial charge in [0.2, 0.25) is 5.91 Å². The number of carbonyl (C=O) groups excluding carboxylic acids is 1. The van der Waals surface area contributed by atoms with E-state index in [4.69, 9.17) is 5.73 Å². The van der Waals surface area contributed by atoms with E-state index in [1.165, 1.54) is 0 Å². The zero-order chi connectivity index (χ0) is 12.1. The number of anilines is 1. The predicted molar refractivity (Wildman–Crippen MR) is 64.2 cm³/mol. The first-order valence-corrected chi connectivity index (χ1v) is 5.64. The molecule has 1 heterocycles. The van der Waals surface area contributed by atoms with Crippen LogP contribution in [-0.4, -0.2) is 22.1 Å². The molecule has 1 atom stereocenters. The van der Waals surface area contributed by atoms with Crippen LogP contribution < -0.4 is 11.1 Å². The average Bonchev–Trinajstić information content (AvgIpc) is 2.57. The number of H-pyrrole nitrogens is 1. The highest BCUT2D eigenvalue weighted by Gasteiger charge is 2.15. The predicted octanol–water partition coefficient (Wildman–Crippen LogP) is 1.48. The first-order valence-electron chi connectivity index (χ1n) is 5.64. The van der Waals surface area contributed by atoms with Gasteiger partial charge in [-0.15, -0.1) is 0 Å². The number of nitrogens with zero attached hydrogens (tertiary/aromatic N) is 1. The quantitative estimate of drug-likeness (QED) is 0.708. The van der Waals surface area contributed by atoms with Crippen LogP contribution in [0.4, 0.5) is 5.82 Å². The highest BCUT2D eigenvalue weighted by molar-refractivity contribution is 5.94. The Hall–Kier alpha value is -1.36. The average molecular weight is 224 g/mol. The second-order valence-corrected chi connectivity index (χ2v) is 4.06. The van der Waals surface area contributed by atoms with Crippen LogP contribution in [0, 0.1) is 13.8 Å². The number of unbranched alkanes of at least 4 members (excludes halogenated alkanes) is 1. The standard InChI is InChI=1S/C11H20N4O/c1-4-5-6-9(12)11(16)13-10-7(2)8(3)14-15-10/h9H,4-6,12H2,1-3H3,(H2,13,14,15,16). The molecule has 16 heavy (non-hydrogen) atoms. The minimum atomic E-state index is -0.448. The van der Waals surface area contributed by atoms with Gasteiger partial charge in [0.15, 0.2) is 5.82 Å². The maximum atomic E-state index is 11.7. The molecule has 0 aliphatic carbocycles. The maximum Gasteiger partial charge on any atom is 0.242 e. The van der Waals surface area contributed by atoms with Crippen molar-refractivity contribution in [1.82, 2.24) is 10.2 Å². The van der Waals surface area contributed by atoms with E-state index in [1.807, 2.05) is 13.8 Å². The third-order valence-corrected chi connectivity index (χ3v) is 2.70. The van der Waals surface area contributed by atoms with Crippen molar-refractivity contribution in [2.24, 2.45) is 5.73 Å². The van der Waals surface area contributed by atoms with Crippen molar-refractivity contribution in [3.05, 3.63) is 11.3 Å². The first kappa shape index (κ1) is 12.7. The summed E-state index contributed by atoms with van der Waals surface area (Å²) < 4.78 is 0. The third-order valence-electron chi connectivity index (χ3n) is 2.70. The molecular formula is C11H20N4O. The number of aromatic amines is 1. The number of amides is 1. The Kier molecular flexibility index (Phi) is 4.49. The zero-order valence-corrected chi connectivity index (χ0v) is 10.1. The molecule has 1 unspecified atom stereocenters. The lowest BCUT2D eigenvalue weighted by atomic mass is 10.1. The minimum Gasteiger partial charge on any atom is -0.320 e. The normalized spacial score (nSPS) is 12.5. The SMILES string of the molecule is CCCCC(N)C(=O)Nc1n[nH]c(C)c1C. The third kappa shape index (κ3) is 3.06. The fourth-order valence-electron chi connectivity index (χ4n) is 1.37. The van der Waals surface area contributed by atoms with Crippen LogP contribution in [-0.2, 0) is 4.79 Å². The Labute approximate surface area is 95.8 Å². The summed E-state index contributed by atoms with van der Waals surface area (Å²) in [6, 6.07) is -0.448. The second-order valence-electron chi connectivity index (χ2n) is 4.06. The number of aryl methyl sites for hydroxylation is 1. The fraction of sp³-hybridized carbons (Fsp3) is 0.636. The number of hydrogen-bond acceptors (Lipinski definition) is 3. The summed E-state index contributed by atoms with van der Waals surface area (Å²) in [7, 11) is 0. The number of rotatable bonds is 5. The smallest absolute Gasteiger partial charge is 0.242 e. The van der Waals surface area contributed by atoms with Gasteiger partial charge in [-0.05, 0) is 20.3 Å². The van der Waals surface area contributed by atoms with Crippen LogP contribution in [0.3, 0.4) is 0 Å². The van der Waals surface area contributed by atoms with Gasteiger partial charge in [-0.2, -0.15) is 5.10 Å². The van der Waals surface area contributed by atoms with E-state index in [-0.39, 0.29) is 5.91 Å². The largest absolute Gasteiger partial charge is 0.320 e. The Balaban J connectivity index is 2.54. The highest BCUT2D eigenvalue weighted by Crippen LogP contribution is 2.14. The molecule has 0 bridgehead atoms. The molecule has 4 N–H and O–H groups in total. The minimum absolute atomic E-state index is 0.164. The summed E-state index contributed by atoms with van der Waals surface area (Å²) in [4.78, 5) is 11.7. The van der Waals surface area contributed by atoms with E-state index in [0.29, 0.717) is 12.2 Å². The summed E-state index contributed by atoms with van der Waals surface area (Å²) >= 11 is 0. The Morgan fingerprint density at radius 3 is 2.75 bits per heavy atom. The summed E-state index contributed by atoms with van der Waals surface area (Å²) in [5.41, 5.74) is 7.67. The Bertz CT molecular complexity index is 359. The Morgan fingerprint density at radius 2 is 2.25 bits per heavy atom. The van der Waals surface area contributed by atoms with Gasteiger partial charge in [-0.1, -0.05) is 19.8 Å². The van der Waals surface area contributed by atoms with Gasteiger partial charge in [-0.3, -0.25) is 9.89 Å². The van der Waals surface area contributed by atoms with Crippen LogP contribution in [0.25, 0.3) is 0 Å². The van der Waals surface area contributed by atoms with Gasteiger partial charge in [0.1, 0.15) is 0 Å². The van der Waals surface area contributed by atoms with Crippen molar-refractivity contribution in [1.29, 1.82) is 0 Å². The lowest BCUT2D eigenvalue weighted by molar-refractivity contribution is -0.117. The zero-order valence-electron chi connectivity index (χ0n) is 10.1. The van der Waals surface area contributed by atoms with Crippen molar-refractivity contribution < 1.29 is 4.79 Å². The summed E-state index contributed by atoms with van der Waals surface area (Å²) in [5.74, 6) is 0.414. The van der Waals surface area contributed by atoms with E-state index in [9.17, 15) is 4.79 Å². The summed E-state index contributed by atoms with van der Waals surface area (Å²) in [6.07, 6.45) is 2.72. The molecule has 0 saturated carbocycles. The molecule has 0 spiro atoms. The number of carbonyl (C=O) groups is 1. The molecule has 1 aromatic heterocycles. The van der Waals surface area contributed by atoms with E-state index in [1.54, 1.807) is 0 Å². The molecule has 0 radical (unpaired) electrons.